The van der Waals surface area contributed by atoms with Gasteiger partial charge in [-0.3, -0.25) is 0 Å². The molecule has 3 atom stereocenters. The van der Waals surface area contributed by atoms with Gasteiger partial charge in [-0.15, -0.1) is 0 Å². The van der Waals surface area contributed by atoms with Crippen LogP contribution in [-0.2, 0) is 0 Å². The van der Waals surface area contributed by atoms with Crippen LogP contribution in [0.3, 0.4) is 0 Å². The van der Waals surface area contributed by atoms with Gasteiger partial charge in [-0.1, -0.05) is 12.2 Å². The quantitative estimate of drug-likeness (QED) is 0.425. The van der Waals surface area contributed by atoms with Gasteiger partial charge in [0, 0.05) is 12.5 Å². The third-order valence-corrected chi connectivity index (χ3v) is 1.84. The van der Waals surface area contributed by atoms with Gasteiger partial charge in [0.2, 0.25) is 0 Å². The third kappa shape index (κ3) is 1.37. The maximum atomic E-state index is 9.18. The summed E-state index contributed by atoms with van der Waals surface area (Å²) >= 11 is 0. The van der Waals surface area contributed by atoms with E-state index in [1.165, 1.54) is 0 Å². The zero-order valence-corrected chi connectivity index (χ0v) is 5.64. The van der Waals surface area contributed by atoms with Crippen molar-refractivity contribution in [3.05, 3.63) is 12.2 Å². The normalized spacial score (nSPS) is 40.1. The van der Waals surface area contributed by atoms with Crippen LogP contribution < -0.4 is 0 Å². The van der Waals surface area contributed by atoms with Gasteiger partial charge in [-0.25, -0.2) is 0 Å². The molecule has 0 spiro atoms. The van der Waals surface area contributed by atoms with Crippen molar-refractivity contribution in [2.75, 3.05) is 6.61 Å². The fourth-order valence-corrected chi connectivity index (χ4v) is 1.11. The van der Waals surface area contributed by atoms with Crippen molar-refractivity contribution in [1.29, 1.82) is 0 Å². The molecule has 3 nitrogen and oxygen atoms in total. The molecule has 0 aromatic heterocycles. The second kappa shape index (κ2) is 3.14. The molecule has 1 aliphatic rings. The lowest BCUT2D eigenvalue weighted by atomic mass is 9.90. The van der Waals surface area contributed by atoms with Gasteiger partial charge in [0.1, 0.15) is 0 Å². The minimum absolute atomic E-state index is 0.0669. The first-order valence-electron chi connectivity index (χ1n) is 3.39. The third-order valence-electron chi connectivity index (χ3n) is 1.84. The Morgan fingerprint density at radius 3 is 2.60 bits per heavy atom. The van der Waals surface area contributed by atoms with E-state index in [0.29, 0.717) is 6.42 Å². The van der Waals surface area contributed by atoms with E-state index >= 15 is 0 Å². The summed E-state index contributed by atoms with van der Waals surface area (Å²) in [7, 11) is 0. The Morgan fingerprint density at radius 2 is 2.10 bits per heavy atom. The van der Waals surface area contributed by atoms with Crippen LogP contribution in [0.5, 0.6) is 0 Å². The molecule has 1 aliphatic carbocycles. The predicted molar refractivity (Wildman–Crippen MR) is 36.3 cm³/mol. The maximum Gasteiger partial charge on any atom is 0.0983 e. The summed E-state index contributed by atoms with van der Waals surface area (Å²) < 4.78 is 0. The molecule has 0 bridgehead atoms. The lowest BCUT2D eigenvalue weighted by Gasteiger charge is -2.25. The molecule has 0 heterocycles. The molecule has 0 aliphatic heterocycles. The molecule has 1 rings (SSSR count). The molecule has 58 valence electrons. The Hall–Kier alpha value is -0.380. The van der Waals surface area contributed by atoms with Crippen LogP contribution in [0.2, 0.25) is 0 Å². The fraction of sp³-hybridized carbons (Fsp3) is 0.714. The molecule has 0 unspecified atom stereocenters. The molecular weight excluding hydrogens is 132 g/mol. The number of hydrogen-bond donors (Lipinski definition) is 3. The summed E-state index contributed by atoms with van der Waals surface area (Å²) in [5, 5.41) is 26.9. The van der Waals surface area contributed by atoms with E-state index in [4.69, 9.17) is 10.2 Å². The first-order chi connectivity index (χ1) is 4.75. The van der Waals surface area contributed by atoms with Gasteiger partial charge in [0.15, 0.2) is 0 Å². The number of hydrogen-bond acceptors (Lipinski definition) is 3. The molecule has 0 amide bonds. The Balaban J connectivity index is 2.56. The molecule has 0 saturated carbocycles. The number of allylic oxidation sites excluding steroid dienone is 1. The van der Waals surface area contributed by atoms with Crippen LogP contribution >= 0.6 is 0 Å². The van der Waals surface area contributed by atoms with Crippen molar-refractivity contribution in [1.82, 2.24) is 0 Å². The summed E-state index contributed by atoms with van der Waals surface area (Å²) in [5.41, 5.74) is 0. The van der Waals surface area contributed by atoms with Gasteiger partial charge < -0.3 is 15.3 Å². The fourth-order valence-electron chi connectivity index (χ4n) is 1.11. The number of aliphatic hydroxyl groups is 3. The molecule has 0 fully saturated rings. The largest absolute Gasteiger partial charge is 0.396 e. The first-order valence-corrected chi connectivity index (χ1v) is 3.39. The Kier molecular flexibility index (Phi) is 2.43. The highest BCUT2D eigenvalue weighted by atomic mass is 16.3. The monoisotopic (exact) mass is 144 g/mol. The van der Waals surface area contributed by atoms with E-state index in [9.17, 15) is 5.11 Å². The van der Waals surface area contributed by atoms with Gasteiger partial charge in [0.05, 0.1) is 12.2 Å². The summed E-state index contributed by atoms with van der Waals surface area (Å²) in [6.45, 7) is -0.0669. The molecule has 0 saturated heterocycles. The van der Waals surface area contributed by atoms with Crippen LogP contribution in [0.1, 0.15) is 6.42 Å². The Labute approximate surface area is 59.6 Å². The molecule has 3 N–H and O–H groups in total. The van der Waals surface area contributed by atoms with Crippen molar-refractivity contribution < 1.29 is 15.3 Å². The van der Waals surface area contributed by atoms with Crippen LogP contribution in [-0.4, -0.2) is 34.1 Å². The van der Waals surface area contributed by atoms with Gasteiger partial charge >= 0.3 is 0 Å². The maximum absolute atomic E-state index is 9.18. The minimum atomic E-state index is -0.800. The van der Waals surface area contributed by atoms with Crippen molar-refractivity contribution in [2.24, 2.45) is 5.92 Å². The smallest absolute Gasteiger partial charge is 0.0983 e. The molecule has 0 aromatic rings. The van der Waals surface area contributed by atoms with Gasteiger partial charge in [-0.05, 0) is 6.42 Å². The highest BCUT2D eigenvalue weighted by Crippen LogP contribution is 2.18. The molecule has 0 aromatic carbocycles. The first kappa shape index (κ1) is 7.72. The topological polar surface area (TPSA) is 60.7 Å². The van der Waals surface area contributed by atoms with Crippen molar-refractivity contribution in [3.8, 4) is 0 Å². The number of aliphatic hydroxyl groups excluding tert-OH is 3. The van der Waals surface area contributed by atoms with Crippen LogP contribution in [0.4, 0.5) is 0 Å². The molecular formula is C7H12O3. The van der Waals surface area contributed by atoms with E-state index < -0.39 is 12.2 Å². The summed E-state index contributed by atoms with van der Waals surface area (Å²) in [6.07, 6.45) is 2.38. The van der Waals surface area contributed by atoms with E-state index in [1.807, 2.05) is 0 Å². The highest BCUT2D eigenvalue weighted by Gasteiger charge is 2.25. The summed E-state index contributed by atoms with van der Waals surface area (Å²) in [4.78, 5) is 0. The van der Waals surface area contributed by atoms with E-state index in [1.54, 1.807) is 12.2 Å². The van der Waals surface area contributed by atoms with E-state index in [0.717, 1.165) is 0 Å². The van der Waals surface area contributed by atoms with Crippen LogP contribution in [0.15, 0.2) is 12.2 Å². The Morgan fingerprint density at radius 1 is 1.40 bits per heavy atom. The van der Waals surface area contributed by atoms with Crippen molar-refractivity contribution in [3.63, 3.8) is 0 Å². The van der Waals surface area contributed by atoms with E-state index in [-0.39, 0.29) is 12.5 Å². The average Bonchev–Trinajstić information content (AvgIpc) is 1.95. The SMILES string of the molecule is OC[C@H]1CC=C[C@@H](O)[C@@H]1O. The zero-order chi connectivity index (χ0) is 7.56. The standard InChI is InChI=1S/C7H12O3/c8-4-5-2-1-3-6(9)7(5)10/h1,3,5-10H,2,4H2/t5-,6-,7-/m1/s1. The van der Waals surface area contributed by atoms with Crippen molar-refractivity contribution in [2.45, 2.75) is 18.6 Å². The van der Waals surface area contributed by atoms with Crippen LogP contribution in [0, 0.1) is 5.92 Å². The summed E-state index contributed by atoms with van der Waals surface area (Å²) in [5.74, 6) is -0.194. The predicted octanol–water partition coefficient (Wildman–Crippen LogP) is -0.723. The van der Waals surface area contributed by atoms with Crippen LogP contribution in [0.25, 0.3) is 0 Å². The van der Waals surface area contributed by atoms with Crippen molar-refractivity contribution >= 4 is 0 Å². The zero-order valence-electron chi connectivity index (χ0n) is 5.64. The second-order valence-corrected chi connectivity index (χ2v) is 2.59. The molecule has 0 radical (unpaired) electrons. The number of rotatable bonds is 1. The average molecular weight is 144 g/mol. The molecule has 3 heteroatoms. The Bertz CT molecular complexity index is 133. The second-order valence-electron chi connectivity index (χ2n) is 2.59. The summed E-state index contributed by atoms with van der Waals surface area (Å²) in [6, 6.07) is 0. The molecule has 10 heavy (non-hydrogen) atoms. The van der Waals surface area contributed by atoms with Gasteiger partial charge in [0.25, 0.3) is 0 Å². The minimum Gasteiger partial charge on any atom is -0.396 e. The lowest BCUT2D eigenvalue weighted by Crippen LogP contribution is -2.36. The highest BCUT2D eigenvalue weighted by molar-refractivity contribution is 5.01. The lowest BCUT2D eigenvalue weighted by molar-refractivity contribution is -0.0155. The van der Waals surface area contributed by atoms with E-state index in [2.05, 4.69) is 0 Å². The van der Waals surface area contributed by atoms with Gasteiger partial charge in [-0.2, -0.15) is 0 Å².